The van der Waals surface area contributed by atoms with Crippen molar-refractivity contribution in [2.24, 2.45) is 0 Å². The highest BCUT2D eigenvalue weighted by Gasteiger charge is 2.35. The maximum Gasteiger partial charge on any atom is 0.0468 e. The Morgan fingerprint density at radius 1 is 0.333 bits per heavy atom. The quantitative estimate of drug-likeness (QED) is 0.180. The maximum atomic E-state index is 2.46. The van der Waals surface area contributed by atoms with Crippen LogP contribution in [0.2, 0.25) is 0 Å². The maximum absolute atomic E-state index is 2.46. The summed E-state index contributed by atoms with van der Waals surface area (Å²) in [4.78, 5) is 2.46. The van der Waals surface area contributed by atoms with Crippen LogP contribution in [0.15, 0.2) is 164 Å². The Morgan fingerprint density at radius 3 is 1.52 bits per heavy atom. The van der Waals surface area contributed by atoms with Crippen LogP contribution in [0.4, 0.5) is 17.1 Å². The molecule has 10 rings (SSSR count). The monoisotopic (exact) mass is 611 g/mol. The Morgan fingerprint density at radius 2 is 0.792 bits per heavy atom. The summed E-state index contributed by atoms with van der Waals surface area (Å²) >= 11 is 0. The highest BCUT2D eigenvalue weighted by molar-refractivity contribution is 6.25. The van der Waals surface area contributed by atoms with Crippen LogP contribution in [0.5, 0.6) is 0 Å². The van der Waals surface area contributed by atoms with Crippen LogP contribution in [0.3, 0.4) is 0 Å². The van der Waals surface area contributed by atoms with Crippen molar-refractivity contribution >= 4 is 70.9 Å². The van der Waals surface area contributed by atoms with Crippen molar-refractivity contribution in [1.29, 1.82) is 0 Å². The molecule has 0 saturated carbocycles. The van der Waals surface area contributed by atoms with E-state index >= 15 is 0 Å². The van der Waals surface area contributed by atoms with Gasteiger partial charge in [0.05, 0.1) is 0 Å². The molecule has 0 spiro atoms. The minimum atomic E-state index is -0.0916. The number of fused-ring (bicyclic) bond motifs is 12. The van der Waals surface area contributed by atoms with E-state index in [4.69, 9.17) is 0 Å². The molecule has 48 heavy (non-hydrogen) atoms. The summed E-state index contributed by atoms with van der Waals surface area (Å²) in [6.07, 6.45) is 0. The molecule has 1 aliphatic carbocycles. The van der Waals surface area contributed by atoms with Crippen molar-refractivity contribution in [2.45, 2.75) is 19.3 Å². The third kappa shape index (κ3) is 3.85. The first-order valence-electron chi connectivity index (χ1n) is 16.9. The molecule has 0 heterocycles. The van der Waals surface area contributed by atoms with Gasteiger partial charge in [0, 0.05) is 22.5 Å². The molecule has 9 aromatic carbocycles. The van der Waals surface area contributed by atoms with Gasteiger partial charge in [-0.15, -0.1) is 0 Å². The largest absolute Gasteiger partial charge is 0.310 e. The highest BCUT2D eigenvalue weighted by atomic mass is 15.1. The van der Waals surface area contributed by atoms with Crippen LogP contribution in [0.1, 0.15) is 25.0 Å². The van der Waals surface area contributed by atoms with Gasteiger partial charge in [-0.3, -0.25) is 0 Å². The average Bonchev–Trinajstić information content (AvgIpc) is 3.37. The fraction of sp³-hybridized carbons (Fsp3) is 0.0638. The van der Waals surface area contributed by atoms with Gasteiger partial charge in [0.2, 0.25) is 0 Å². The summed E-state index contributed by atoms with van der Waals surface area (Å²) in [7, 11) is 0. The summed E-state index contributed by atoms with van der Waals surface area (Å²) in [6, 6.07) is 60.8. The lowest BCUT2D eigenvalue weighted by Gasteiger charge is -2.29. The van der Waals surface area contributed by atoms with Crippen molar-refractivity contribution in [1.82, 2.24) is 0 Å². The Hall–Kier alpha value is -5.92. The van der Waals surface area contributed by atoms with Gasteiger partial charge in [0.15, 0.2) is 0 Å². The van der Waals surface area contributed by atoms with Gasteiger partial charge in [-0.25, -0.2) is 0 Å². The van der Waals surface area contributed by atoms with Crippen LogP contribution in [0, 0.1) is 0 Å². The van der Waals surface area contributed by atoms with Crippen molar-refractivity contribution in [3.05, 3.63) is 175 Å². The average molecular weight is 612 g/mol. The van der Waals surface area contributed by atoms with Crippen LogP contribution in [0.25, 0.3) is 65.0 Å². The summed E-state index contributed by atoms with van der Waals surface area (Å²) in [6.45, 7) is 4.72. The molecule has 0 N–H and O–H groups in total. The Balaban J connectivity index is 1.26. The zero-order chi connectivity index (χ0) is 32.0. The Bertz CT molecular complexity index is 2730. The predicted octanol–water partition coefficient (Wildman–Crippen LogP) is 13.2. The van der Waals surface area contributed by atoms with E-state index in [0.717, 1.165) is 11.4 Å². The second-order valence-corrected chi connectivity index (χ2v) is 13.7. The number of hydrogen-bond acceptors (Lipinski definition) is 1. The first-order valence-corrected chi connectivity index (χ1v) is 16.9. The minimum Gasteiger partial charge on any atom is -0.310 e. The second kappa shape index (κ2) is 10.0. The zero-order valence-electron chi connectivity index (χ0n) is 27.0. The standard InChI is InChI=1S/C47H33N/c1-47(2)45-18-10-9-17-41(45)42-26-24-34(29-46(42)47)48(32-22-21-31-20-19-30-11-3-4-12-35(30)43(31)27-32)33-23-25-40-38-15-6-5-13-36(38)37-14-7-8-16-39(37)44(40)28-33/h3-29H,1-2H3. The van der Waals surface area contributed by atoms with E-state index in [2.05, 4.69) is 183 Å². The predicted molar refractivity (Wildman–Crippen MR) is 206 cm³/mol. The SMILES string of the molecule is CC1(C)c2ccccc2-c2ccc(N(c3ccc4ccc5ccccc5c4c3)c3ccc4c5ccccc5c5ccccc5c4c3)cc21. The van der Waals surface area contributed by atoms with Gasteiger partial charge in [0.25, 0.3) is 0 Å². The fourth-order valence-electron chi connectivity index (χ4n) is 8.44. The van der Waals surface area contributed by atoms with Crippen molar-refractivity contribution in [3.63, 3.8) is 0 Å². The van der Waals surface area contributed by atoms with Gasteiger partial charge in [-0.05, 0) is 113 Å². The Kier molecular flexibility index (Phi) is 5.69. The topological polar surface area (TPSA) is 3.24 Å². The number of benzene rings is 9. The lowest BCUT2D eigenvalue weighted by atomic mass is 9.82. The molecule has 0 saturated heterocycles. The van der Waals surface area contributed by atoms with Crippen LogP contribution < -0.4 is 4.90 Å². The van der Waals surface area contributed by atoms with Gasteiger partial charge in [0.1, 0.15) is 0 Å². The van der Waals surface area contributed by atoms with E-state index in [1.165, 1.54) is 81.8 Å². The number of nitrogens with zero attached hydrogens (tertiary/aromatic N) is 1. The molecular formula is C47H33N. The molecule has 1 aliphatic rings. The second-order valence-electron chi connectivity index (χ2n) is 13.7. The van der Waals surface area contributed by atoms with Crippen LogP contribution in [-0.2, 0) is 5.41 Å². The van der Waals surface area contributed by atoms with E-state index in [9.17, 15) is 0 Å². The summed E-state index contributed by atoms with van der Waals surface area (Å²) in [5, 5.41) is 12.8. The van der Waals surface area contributed by atoms with E-state index in [1.54, 1.807) is 0 Å². The molecule has 0 fully saturated rings. The lowest BCUT2D eigenvalue weighted by molar-refractivity contribution is 0.660. The van der Waals surface area contributed by atoms with Crippen molar-refractivity contribution in [3.8, 4) is 11.1 Å². The van der Waals surface area contributed by atoms with Crippen molar-refractivity contribution in [2.75, 3.05) is 4.90 Å². The molecule has 0 aliphatic heterocycles. The smallest absolute Gasteiger partial charge is 0.0468 e. The lowest BCUT2D eigenvalue weighted by Crippen LogP contribution is -2.16. The van der Waals surface area contributed by atoms with Gasteiger partial charge >= 0.3 is 0 Å². The van der Waals surface area contributed by atoms with E-state index in [1.807, 2.05) is 0 Å². The molecule has 0 radical (unpaired) electrons. The van der Waals surface area contributed by atoms with Gasteiger partial charge < -0.3 is 4.90 Å². The van der Waals surface area contributed by atoms with Gasteiger partial charge in [-0.2, -0.15) is 0 Å². The molecule has 1 heteroatoms. The minimum absolute atomic E-state index is 0.0916. The van der Waals surface area contributed by atoms with E-state index in [-0.39, 0.29) is 5.41 Å². The third-order valence-corrected chi connectivity index (χ3v) is 10.8. The van der Waals surface area contributed by atoms with Crippen LogP contribution in [-0.4, -0.2) is 0 Å². The molecule has 0 aromatic heterocycles. The number of anilines is 3. The van der Waals surface area contributed by atoms with Crippen LogP contribution >= 0.6 is 0 Å². The van der Waals surface area contributed by atoms with E-state index in [0.29, 0.717) is 0 Å². The normalized spacial score (nSPS) is 13.4. The molecule has 0 atom stereocenters. The molecule has 0 unspecified atom stereocenters. The summed E-state index contributed by atoms with van der Waals surface area (Å²) in [5.41, 5.74) is 8.81. The first-order chi connectivity index (χ1) is 23.6. The van der Waals surface area contributed by atoms with Gasteiger partial charge in [-0.1, -0.05) is 141 Å². The fourth-order valence-corrected chi connectivity index (χ4v) is 8.44. The number of rotatable bonds is 3. The molecule has 0 bridgehead atoms. The van der Waals surface area contributed by atoms with E-state index < -0.39 is 0 Å². The third-order valence-electron chi connectivity index (χ3n) is 10.8. The number of hydrogen-bond donors (Lipinski definition) is 0. The molecule has 226 valence electrons. The highest BCUT2D eigenvalue weighted by Crippen LogP contribution is 2.51. The molecule has 9 aromatic rings. The summed E-state index contributed by atoms with van der Waals surface area (Å²) in [5.74, 6) is 0. The molecular weight excluding hydrogens is 579 g/mol. The molecule has 1 nitrogen and oxygen atoms in total. The summed E-state index contributed by atoms with van der Waals surface area (Å²) < 4.78 is 0. The van der Waals surface area contributed by atoms with Crippen molar-refractivity contribution < 1.29 is 0 Å². The zero-order valence-corrected chi connectivity index (χ0v) is 27.0. The molecule has 0 amide bonds. The Labute approximate surface area is 280 Å². The first kappa shape index (κ1) is 27.2.